The van der Waals surface area contributed by atoms with Gasteiger partial charge in [0, 0.05) is 24.8 Å². The van der Waals surface area contributed by atoms with Crippen molar-refractivity contribution in [3.63, 3.8) is 0 Å². The second-order valence-corrected chi connectivity index (χ2v) is 9.42. The van der Waals surface area contributed by atoms with E-state index < -0.39 is 10.0 Å². The van der Waals surface area contributed by atoms with E-state index in [-0.39, 0.29) is 5.91 Å². The predicted octanol–water partition coefficient (Wildman–Crippen LogP) is 2.91. The van der Waals surface area contributed by atoms with Crippen molar-refractivity contribution in [2.75, 3.05) is 17.1 Å². The molecule has 0 radical (unpaired) electrons. The molecule has 30 heavy (non-hydrogen) atoms. The van der Waals surface area contributed by atoms with Crippen LogP contribution in [0.15, 0.2) is 71.9 Å². The summed E-state index contributed by atoms with van der Waals surface area (Å²) in [5, 5.41) is 0. The van der Waals surface area contributed by atoms with Crippen LogP contribution in [0, 0.1) is 6.92 Å². The van der Waals surface area contributed by atoms with E-state index in [1.807, 2.05) is 35.9 Å². The van der Waals surface area contributed by atoms with E-state index in [1.165, 1.54) is 16.1 Å². The highest BCUT2D eigenvalue weighted by Gasteiger charge is 2.26. The van der Waals surface area contributed by atoms with Gasteiger partial charge in [-0.05, 0) is 54.8 Å². The fraction of sp³-hybridized carbons (Fsp3) is 0.217. The number of hydrogen-bond donors (Lipinski definition) is 0. The molecule has 0 atom stereocenters. The van der Waals surface area contributed by atoms with E-state index in [0.717, 1.165) is 11.1 Å². The molecule has 0 saturated heterocycles. The van der Waals surface area contributed by atoms with Crippen LogP contribution < -0.4 is 9.79 Å². The molecule has 7 heteroatoms. The third kappa shape index (κ3) is 4.21. The predicted molar refractivity (Wildman–Crippen MR) is 117 cm³/mol. The van der Waals surface area contributed by atoms with Gasteiger partial charge in [0.25, 0.3) is 5.91 Å². The Labute approximate surface area is 176 Å². The van der Waals surface area contributed by atoms with Gasteiger partial charge < -0.3 is 4.57 Å². The van der Waals surface area contributed by atoms with Crippen LogP contribution in [0.4, 0.5) is 5.69 Å². The monoisotopic (exact) mass is 421 g/mol. The standard InChI is InChI=1S/C23H23N3O3S/c1-17-6-8-18(9-7-17)16-25-13-4-3-5-22(25)24-23(27)20-10-11-21-19(15-20)12-14-26(21)30(2,28)29/h3-11,13,15H,12,14,16H2,1-2H3. The first-order chi connectivity index (χ1) is 14.3. The largest absolute Gasteiger partial charge is 0.328 e. The second kappa shape index (κ2) is 7.91. The molecule has 154 valence electrons. The summed E-state index contributed by atoms with van der Waals surface area (Å²) in [6, 6.07) is 18.9. The highest BCUT2D eigenvalue weighted by molar-refractivity contribution is 7.92. The van der Waals surface area contributed by atoms with Crippen LogP contribution in [0.1, 0.15) is 27.0 Å². The van der Waals surface area contributed by atoms with Crippen LogP contribution in [0.25, 0.3) is 0 Å². The Morgan fingerprint density at radius 1 is 1.07 bits per heavy atom. The van der Waals surface area contributed by atoms with Gasteiger partial charge in [0.15, 0.2) is 0 Å². The number of sulfonamides is 1. The number of aryl methyl sites for hydroxylation is 1. The lowest BCUT2D eigenvalue weighted by molar-refractivity contribution is 0.0997. The van der Waals surface area contributed by atoms with Crippen molar-refractivity contribution < 1.29 is 13.2 Å². The number of anilines is 1. The van der Waals surface area contributed by atoms with Crippen LogP contribution in [0.3, 0.4) is 0 Å². The maximum atomic E-state index is 12.8. The molecule has 1 amide bonds. The van der Waals surface area contributed by atoms with E-state index in [4.69, 9.17) is 0 Å². The topological polar surface area (TPSA) is 71.7 Å². The quantitative estimate of drug-likeness (QED) is 0.650. The van der Waals surface area contributed by atoms with Gasteiger partial charge in [-0.2, -0.15) is 4.99 Å². The van der Waals surface area contributed by atoms with Gasteiger partial charge >= 0.3 is 0 Å². The van der Waals surface area contributed by atoms with Crippen molar-refractivity contribution in [1.29, 1.82) is 0 Å². The number of benzene rings is 2. The molecule has 2 aromatic carbocycles. The van der Waals surface area contributed by atoms with Gasteiger partial charge in [-0.1, -0.05) is 35.9 Å². The van der Waals surface area contributed by atoms with E-state index in [0.29, 0.717) is 36.2 Å². The average Bonchev–Trinajstić information content (AvgIpc) is 3.15. The summed E-state index contributed by atoms with van der Waals surface area (Å²) in [5.41, 5.74) is 4.84. The zero-order valence-corrected chi connectivity index (χ0v) is 17.8. The number of carbonyl (C=O) groups excluding carboxylic acids is 1. The SMILES string of the molecule is Cc1ccc(Cn2ccccc2=NC(=O)c2ccc3c(c2)CCN3S(C)(=O)=O)cc1. The molecule has 2 heterocycles. The van der Waals surface area contributed by atoms with Crippen molar-refractivity contribution >= 4 is 21.6 Å². The third-order valence-corrected chi connectivity index (χ3v) is 6.37. The molecular weight excluding hydrogens is 398 g/mol. The molecular formula is C23H23N3O3S. The number of amides is 1. The number of rotatable bonds is 4. The van der Waals surface area contributed by atoms with Crippen molar-refractivity contribution in [2.24, 2.45) is 4.99 Å². The van der Waals surface area contributed by atoms with Crippen LogP contribution in [0.5, 0.6) is 0 Å². The Morgan fingerprint density at radius 3 is 2.57 bits per heavy atom. The maximum absolute atomic E-state index is 12.8. The molecule has 0 bridgehead atoms. The Kier molecular flexibility index (Phi) is 5.30. The highest BCUT2D eigenvalue weighted by Crippen LogP contribution is 2.30. The van der Waals surface area contributed by atoms with Gasteiger partial charge in [-0.15, -0.1) is 0 Å². The second-order valence-electron chi connectivity index (χ2n) is 7.52. The number of nitrogens with zero attached hydrogens (tertiary/aromatic N) is 3. The molecule has 0 unspecified atom stereocenters. The molecule has 0 N–H and O–H groups in total. The number of hydrogen-bond acceptors (Lipinski definition) is 3. The van der Waals surface area contributed by atoms with Gasteiger partial charge in [0.2, 0.25) is 10.0 Å². The lowest BCUT2D eigenvalue weighted by Gasteiger charge is -2.16. The Hall–Kier alpha value is -3.19. The zero-order chi connectivity index (χ0) is 21.3. The zero-order valence-electron chi connectivity index (χ0n) is 16.9. The summed E-state index contributed by atoms with van der Waals surface area (Å²) in [5.74, 6) is -0.348. The lowest BCUT2D eigenvalue weighted by Crippen LogP contribution is -2.27. The summed E-state index contributed by atoms with van der Waals surface area (Å²) >= 11 is 0. The summed E-state index contributed by atoms with van der Waals surface area (Å²) in [6.07, 6.45) is 3.68. The van der Waals surface area contributed by atoms with Crippen molar-refractivity contribution in [2.45, 2.75) is 19.9 Å². The first kappa shape index (κ1) is 20.1. The normalized spacial score (nSPS) is 14.1. The van der Waals surface area contributed by atoms with Gasteiger partial charge in [0.1, 0.15) is 5.49 Å². The molecule has 6 nitrogen and oxygen atoms in total. The van der Waals surface area contributed by atoms with Gasteiger partial charge in [-0.3, -0.25) is 9.10 Å². The Balaban J connectivity index is 1.63. The highest BCUT2D eigenvalue weighted by atomic mass is 32.2. The number of carbonyl (C=O) groups is 1. The molecule has 1 aliphatic rings. The third-order valence-electron chi connectivity index (χ3n) is 5.19. The smallest absolute Gasteiger partial charge is 0.278 e. The van der Waals surface area contributed by atoms with Crippen molar-refractivity contribution in [3.8, 4) is 0 Å². The molecule has 0 saturated carbocycles. The fourth-order valence-corrected chi connectivity index (χ4v) is 4.57. The van der Waals surface area contributed by atoms with Crippen LogP contribution >= 0.6 is 0 Å². The minimum absolute atomic E-state index is 0.348. The number of aromatic nitrogens is 1. The summed E-state index contributed by atoms with van der Waals surface area (Å²) < 4.78 is 27.1. The van der Waals surface area contributed by atoms with Gasteiger partial charge in [-0.25, -0.2) is 8.42 Å². The number of pyridine rings is 1. The Bertz CT molecular complexity index is 1280. The fourth-order valence-electron chi connectivity index (χ4n) is 3.61. The molecule has 0 fully saturated rings. The van der Waals surface area contributed by atoms with Crippen molar-refractivity contribution in [1.82, 2.24) is 4.57 Å². The summed E-state index contributed by atoms with van der Waals surface area (Å²) in [6.45, 7) is 3.06. The van der Waals surface area contributed by atoms with Crippen LogP contribution in [-0.2, 0) is 23.0 Å². The average molecular weight is 422 g/mol. The van der Waals surface area contributed by atoms with Crippen LogP contribution in [0.2, 0.25) is 0 Å². The van der Waals surface area contributed by atoms with E-state index >= 15 is 0 Å². The molecule has 4 rings (SSSR count). The van der Waals surface area contributed by atoms with Crippen LogP contribution in [-0.4, -0.2) is 31.7 Å². The Morgan fingerprint density at radius 2 is 1.83 bits per heavy atom. The first-order valence-electron chi connectivity index (χ1n) is 9.72. The minimum Gasteiger partial charge on any atom is -0.328 e. The van der Waals surface area contributed by atoms with E-state index in [2.05, 4.69) is 29.3 Å². The molecule has 1 aliphatic heterocycles. The summed E-state index contributed by atoms with van der Waals surface area (Å²) in [4.78, 5) is 17.2. The molecule has 1 aromatic heterocycles. The first-order valence-corrected chi connectivity index (χ1v) is 11.6. The lowest BCUT2D eigenvalue weighted by atomic mass is 10.1. The maximum Gasteiger partial charge on any atom is 0.278 e. The number of fused-ring (bicyclic) bond motifs is 1. The van der Waals surface area contributed by atoms with Gasteiger partial charge in [0.05, 0.1) is 11.9 Å². The van der Waals surface area contributed by atoms with Crippen molar-refractivity contribution in [3.05, 3.63) is 94.6 Å². The summed E-state index contributed by atoms with van der Waals surface area (Å²) in [7, 11) is -3.31. The molecule has 3 aromatic rings. The molecule has 0 spiro atoms. The van der Waals surface area contributed by atoms with E-state index in [1.54, 1.807) is 18.2 Å². The van der Waals surface area contributed by atoms with E-state index in [9.17, 15) is 13.2 Å². The molecule has 0 aliphatic carbocycles. The minimum atomic E-state index is -3.31.